The van der Waals surface area contributed by atoms with Crippen LogP contribution in [0.2, 0.25) is 0 Å². The average Bonchev–Trinajstić information content (AvgIpc) is 2.62. The highest BCUT2D eigenvalue weighted by molar-refractivity contribution is 6.12. The Bertz CT molecular complexity index is 1020. The molecule has 0 radical (unpaired) electrons. The SMILES string of the molecule is CC(C)C(=O)Nc1ccc(NC(=O)c2cc(=O)[nH]c3ccccc23)cc1. The van der Waals surface area contributed by atoms with Crippen molar-refractivity contribution in [1.29, 1.82) is 0 Å². The van der Waals surface area contributed by atoms with Crippen molar-refractivity contribution in [1.82, 2.24) is 4.98 Å². The number of amides is 2. The Kier molecular flexibility index (Phi) is 4.84. The van der Waals surface area contributed by atoms with Crippen molar-refractivity contribution in [2.45, 2.75) is 13.8 Å². The molecule has 1 aromatic heterocycles. The summed E-state index contributed by atoms with van der Waals surface area (Å²) in [7, 11) is 0. The van der Waals surface area contributed by atoms with Crippen LogP contribution in [0.4, 0.5) is 11.4 Å². The first kappa shape index (κ1) is 17.4. The minimum atomic E-state index is -0.369. The lowest BCUT2D eigenvalue weighted by Gasteiger charge is -2.10. The fourth-order valence-electron chi connectivity index (χ4n) is 2.51. The van der Waals surface area contributed by atoms with E-state index in [0.717, 1.165) is 0 Å². The van der Waals surface area contributed by atoms with Crippen molar-refractivity contribution in [2.75, 3.05) is 10.6 Å². The first-order valence-electron chi connectivity index (χ1n) is 8.28. The van der Waals surface area contributed by atoms with Crippen LogP contribution in [0.1, 0.15) is 24.2 Å². The van der Waals surface area contributed by atoms with Crippen LogP contribution in [0.3, 0.4) is 0 Å². The van der Waals surface area contributed by atoms with Crippen LogP contribution in [0.5, 0.6) is 0 Å². The molecular weight excluding hydrogens is 330 g/mol. The third-order valence-corrected chi connectivity index (χ3v) is 3.93. The van der Waals surface area contributed by atoms with Gasteiger partial charge >= 0.3 is 0 Å². The number of hydrogen-bond acceptors (Lipinski definition) is 3. The lowest BCUT2D eigenvalue weighted by Crippen LogP contribution is -2.18. The predicted molar refractivity (Wildman–Crippen MR) is 102 cm³/mol. The van der Waals surface area contributed by atoms with E-state index in [9.17, 15) is 14.4 Å². The number of pyridine rings is 1. The van der Waals surface area contributed by atoms with Gasteiger partial charge in [0, 0.05) is 34.3 Å². The van der Waals surface area contributed by atoms with Gasteiger partial charge in [0.1, 0.15) is 0 Å². The van der Waals surface area contributed by atoms with E-state index in [1.165, 1.54) is 6.07 Å². The molecule has 0 saturated carbocycles. The van der Waals surface area contributed by atoms with Crippen molar-refractivity contribution in [2.24, 2.45) is 5.92 Å². The minimum absolute atomic E-state index is 0.0724. The highest BCUT2D eigenvalue weighted by Gasteiger charge is 2.12. The fourth-order valence-corrected chi connectivity index (χ4v) is 2.51. The molecule has 0 bridgehead atoms. The number of aromatic amines is 1. The second kappa shape index (κ2) is 7.23. The summed E-state index contributed by atoms with van der Waals surface area (Å²) >= 11 is 0. The molecule has 1 heterocycles. The molecule has 0 aliphatic carbocycles. The molecule has 132 valence electrons. The molecule has 3 N–H and O–H groups in total. The summed E-state index contributed by atoms with van der Waals surface area (Å²) in [4.78, 5) is 38.8. The molecule has 0 spiro atoms. The van der Waals surface area contributed by atoms with Gasteiger partial charge in [-0.1, -0.05) is 32.0 Å². The summed E-state index contributed by atoms with van der Waals surface area (Å²) in [6, 6.07) is 15.2. The number of fused-ring (bicyclic) bond motifs is 1. The molecule has 2 amide bonds. The Morgan fingerprint density at radius 3 is 2.19 bits per heavy atom. The van der Waals surface area contributed by atoms with Gasteiger partial charge in [0.15, 0.2) is 0 Å². The summed E-state index contributed by atoms with van der Waals surface area (Å²) in [6.45, 7) is 3.63. The number of aromatic nitrogens is 1. The molecule has 0 aliphatic heterocycles. The standard InChI is InChI=1S/C20H19N3O3/c1-12(2)19(25)21-13-7-9-14(10-8-13)22-20(26)16-11-18(24)23-17-6-4-3-5-15(16)17/h3-12H,1-2H3,(H,21,25)(H,22,26)(H,23,24). The van der Waals surface area contributed by atoms with Crippen LogP contribution < -0.4 is 16.2 Å². The Morgan fingerprint density at radius 2 is 1.54 bits per heavy atom. The Morgan fingerprint density at radius 1 is 0.923 bits per heavy atom. The quantitative estimate of drug-likeness (QED) is 0.674. The van der Waals surface area contributed by atoms with Gasteiger partial charge in [-0.2, -0.15) is 0 Å². The zero-order valence-electron chi connectivity index (χ0n) is 14.5. The molecular formula is C20H19N3O3. The number of para-hydroxylation sites is 1. The highest BCUT2D eigenvalue weighted by Crippen LogP contribution is 2.18. The minimum Gasteiger partial charge on any atom is -0.326 e. The lowest BCUT2D eigenvalue weighted by molar-refractivity contribution is -0.118. The van der Waals surface area contributed by atoms with E-state index in [2.05, 4.69) is 15.6 Å². The molecule has 3 rings (SSSR count). The van der Waals surface area contributed by atoms with Crippen LogP contribution >= 0.6 is 0 Å². The number of carbonyl (C=O) groups excluding carboxylic acids is 2. The molecule has 6 nitrogen and oxygen atoms in total. The number of benzene rings is 2. The molecule has 6 heteroatoms. The van der Waals surface area contributed by atoms with Gasteiger partial charge in [0.2, 0.25) is 11.5 Å². The van der Waals surface area contributed by atoms with Crippen LogP contribution in [0.15, 0.2) is 59.4 Å². The molecule has 26 heavy (non-hydrogen) atoms. The number of nitrogens with one attached hydrogen (secondary N) is 3. The molecule has 0 fully saturated rings. The zero-order valence-corrected chi connectivity index (χ0v) is 14.5. The summed E-state index contributed by atoms with van der Waals surface area (Å²) in [6.07, 6.45) is 0. The monoisotopic (exact) mass is 349 g/mol. The summed E-state index contributed by atoms with van der Waals surface area (Å²) < 4.78 is 0. The van der Waals surface area contributed by atoms with E-state index in [4.69, 9.17) is 0 Å². The second-order valence-electron chi connectivity index (χ2n) is 6.27. The maximum Gasteiger partial charge on any atom is 0.256 e. The number of carbonyl (C=O) groups is 2. The maximum atomic E-state index is 12.6. The molecule has 0 aliphatic rings. The summed E-state index contributed by atoms with van der Waals surface area (Å²) in [5, 5.41) is 6.24. The van der Waals surface area contributed by atoms with Gasteiger partial charge in [-0.25, -0.2) is 0 Å². The van der Waals surface area contributed by atoms with Crippen molar-refractivity contribution < 1.29 is 9.59 Å². The van der Waals surface area contributed by atoms with Crippen LogP contribution in [0.25, 0.3) is 10.9 Å². The van der Waals surface area contributed by atoms with Crippen molar-refractivity contribution in [3.63, 3.8) is 0 Å². The Balaban J connectivity index is 1.81. The van der Waals surface area contributed by atoms with Crippen molar-refractivity contribution in [3.05, 3.63) is 70.5 Å². The topological polar surface area (TPSA) is 91.1 Å². The van der Waals surface area contributed by atoms with Crippen LogP contribution in [-0.2, 0) is 4.79 Å². The number of H-pyrrole nitrogens is 1. The van der Waals surface area contributed by atoms with E-state index >= 15 is 0 Å². The summed E-state index contributed by atoms with van der Waals surface area (Å²) in [5.74, 6) is -0.554. The van der Waals surface area contributed by atoms with Crippen molar-refractivity contribution in [3.8, 4) is 0 Å². The Labute approximate surface area is 150 Å². The van der Waals surface area contributed by atoms with E-state index in [1.807, 2.05) is 19.9 Å². The van der Waals surface area contributed by atoms with Gasteiger partial charge in [-0.15, -0.1) is 0 Å². The molecule has 3 aromatic rings. The lowest BCUT2D eigenvalue weighted by atomic mass is 10.1. The van der Waals surface area contributed by atoms with E-state index in [0.29, 0.717) is 27.8 Å². The maximum absolute atomic E-state index is 12.6. The normalized spacial score (nSPS) is 10.7. The number of rotatable bonds is 4. The Hall–Kier alpha value is -3.41. The van der Waals surface area contributed by atoms with Gasteiger partial charge in [-0.3, -0.25) is 14.4 Å². The smallest absolute Gasteiger partial charge is 0.256 e. The summed E-state index contributed by atoms with van der Waals surface area (Å²) in [5.41, 5.74) is 1.81. The average molecular weight is 349 g/mol. The van der Waals surface area contributed by atoms with E-state index in [-0.39, 0.29) is 23.3 Å². The first-order chi connectivity index (χ1) is 12.4. The van der Waals surface area contributed by atoms with Gasteiger partial charge in [-0.05, 0) is 30.3 Å². The third-order valence-electron chi connectivity index (χ3n) is 3.93. The molecule has 0 unspecified atom stereocenters. The first-order valence-corrected chi connectivity index (χ1v) is 8.28. The van der Waals surface area contributed by atoms with Gasteiger partial charge < -0.3 is 15.6 Å². The van der Waals surface area contributed by atoms with Gasteiger partial charge in [0.25, 0.3) is 5.91 Å². The van der Waals surface area contributed by atoms with E-state index < -0.39 is 0 Å². The zero-order chi connectivity index (χ0) is 18.7. The molecule has 2 aromatic carbocycles. The van der Waals surface area contributed by atoms with Gasteiger partial charge in [0.05, 0.1) is 5.56 Å². The fraction of sp³-hybridized carbons (Fsp3) is 0.150. The molecule has 0 atom stereocenters. The highest BCUT2D eigenvalue weighted by atomic mass is 16.2. The van der Waals surface area contributed by atoms with E-state index in [1.54, 1.807) is 42.5 Å². The second-order valence-corrected chi connectivity index (χ2v) is 6.27. The van der Waals surface area contributed by atoms with Crippen molar-refractivity contribution >= 4 is 34.1 Å². The number of anilines is 2. The molecule has 0 saturated heterocycles. The van der Waals surface area contributed by atoms with Crippen LogP contribution in [0, 0.1) is 5.92 Å². The van der Waals surface area contributed by atoms with Crippen LogP contribution in [-0.4, -0.2) is 16.8 Å². The largest absolute Gasteiger partial charge is 0.326 e. The third kappa shape index (κ3) is 3.80. The number of hydrogen-bond donors (Lipinski definition) is 3. The predicted octanol–water partition coefficient (Wildman–Crippen LogP) is 3.37.